The van der Waals surface area contributed by atoms with E-state index in [-0.39, 0.29) is 11.7 Å². The van der Waals surface area contributed by atoms with Gasteiger partial charge in [-0.15, -0.1) is 0 Å². The number of rotatable bonds is 5. The van der Waals surface area contributed by atoms with Crippen LogP contribution in [0.1, 0.15) is 64.0 Å². The molecule has 1 fully saturated rings. The van der Waals surface area contributed by atoms with Gasteiger partial charge in [0, 0.05) is 13.1 Å². The second-order valence-electron chi connectivity index (χ2n) is 8.21. The van der Waals surface area contributed by atoms with Gasteiger partial charge in [0.25, 0.3) is 0 Å². The van der Waals surface area contributed by atoms with Gasteiger partial charge in [0.2, 0.25) is 5.91 Å². The molecule has 0 saturated carbocycles. The average Bonchev–Trinajstić information content (AvgIpc) is 2.61. The fourth-order valence-corrected chi connectivity index (χ4v) is 3.78. The van der Waals surface area contributed by atoms with Crippen LogP contribution in [0.3, 0.4) is 0 Å². The fourth-order valence-electron chi connectivity index (χ4n) is 3.78. The number of fused-ring (bicyclic) bond motifs is 1. The van der Waals surface area contributed by atoms with Gasteiger partial charge in [-0.05, 0) is 82.7 Å². The van der Waals surface area contributed by atoms with Crippen LogP contribution >= 0.6 is 0 Å². The Morgan fingerprint density at radius 1 is 1.26 bits per heavy atom. The zero-order chi connectivity index (χ0) is 19.4. The molecule has 2 heterocycles. The minimum absolute atomic E-state index is 0.131. The Morgan fingerprint density at radius 3 is 2.70 bits per heavy atom. The van der Waals surface area contributed by atoms with Crippen LogP contribution < -0.4 is 4.74 Å². The van der Waals surface area contributed by atoms with Crippen LogP contribution in [-0.4, -0.2) is 34.6 Å². The minimum atomic E-state index is -0.402. The first-order chi connectivity index (χ1) is 12.9. The summed E-state index contributed by atoms with van der Waals surface area (Å²) in [5.74, 6) is 0.974. The summed E-state index contributed by atoms with van der Waals surface area (Å²) >= 11 is 0. The number of amides is 1. The predicted molar refractivity (Wildman–Crippen MR) is 109 cm³/mol. The van der Waals surface area contributed by atoms with Crippen molar-refractivity contribution in [1.29, 1.82) is 0 Å². The van der Waals surface area contributed by atoms with Gasteiger partial charge in [0.1, 0.15) is 17.1 Å². The zero-order valence-corrected chi connectivity index (χ0v) is 16.8. The molecule has 4 nitrogen and oxygen atoms in total. The summed E-state index contributed by atoms with van der Waals surface area (Å²) in [4.78, 5) is 14.5. The first-order valence-electron chi connectivity index (χ1n) is 10.0. The van der Waals surface area contributed by atoms with Crippen LogP contribution in [0.25, 0.3) is 6.08 Å². The van der Waals surface area contributed by atoms with Gasteiger partial charge < -0.3 is 14.7 Å². The van der Waals surface area contributed by atoms with Crippen LogP contribution in [-0.2, 0) is 11.2 Å². The van der Waals surface area contributed by atoms with Crippen LogP contribution in [0.4, 0.5) is 0 Å². The topological polar surface area (TPSA) is 49.8 Å². The molecule has 3 rings (SSSR count). The van der Waals surface area contributed by atoms with E-state index >= 15 is 0 Å². The largest absolute Gasteiger partial charge is 0.507 e. The average molecular weight is 370 g/mol. The molecule has 27 heavy (non-hydrogen) atoms. The standard InChI is InChI=1S/C23H31NO3/c1-17(2)8-7-10-23(3)11-9-19-20(25)14-18(15-21(19)27-23)16-22(26)24-12-5-4-6-13-24/h8-9,11,14-15,25H,4-7,10,12-13,16H2,1-3H3. The molecule has 1 aromatic rings. The van der Waals surface area contributed by atoms with Gasteiger partial charge in [-0.2, -0.15) is 0 Å². The van der Waals surface area contributed by atoms with Crippen molar-refractivity contribution in [2.75, 3.05) is 13.1 Å². The Labute approximate surface area is 162 Å². The first kappa shape index (κ1) is 19.5. The number of benzene rings is 1. The number of phenols is 1. The molecule has 0 radical (unpaired) electrons. The summed E-state index contributed by atoms with van der Waals surface area (Å²) in [5.41, 5.74) is 2.41. The van der Waals surface area contributed by atoms with Gasteiger partial charge >= 0.3 is 0 Å². The van der Waals surface area contributed by atoms with Gasteiger partial charge in [0.15, 0.2) is 0 Å². The van der Waals surface area contributed by atoms with E-state index in [9.17, 15) is 9.90 Å². The number of phenolic OH excluding ortho intramolecular Hbond substituents is 1. The van der Waals surface area contributed by atoms with E-state index in [0.29, 0.717) is 17.7 Å². The molecule has 1 unspecified atom stereocenters. The molecular weight excluding hydrogens is 338 g/mol. The lowest BCUT2D eigenvalue weighted by Crippen LogP contribution is -2.36. The summed E-state index contributed by atoms with van der Waals surface area (Å²) in [6.07, 6.45) is 11.7. The highest BCUT2D eigenvalue weighted by Crippen LogP contribution is 2.39. The lowest BCUT2D eigenvalue weighted by Gasteiger charge is -2.32. The van der Waals surface area contributed by atoms with Crippen molar-refractivity contribution < 1.29 is 14.6 Å². The predicted octanol–water partition coefficient (Wildman–Crippen LogP) is 4.86. The Balaban J connectivity index is 1.73. The van der Waals surface area contributed by atoms with Gasteiger partial charge in [-0.1, -0.05) is 11.6 Å². The quantitative estimate of drug-likeness (QED) is 0.754. The first-order valence-corrected chi connectivity index (χ1v) is 10.0. The van der Waals surface area contributed by atoms with Crippen LogP contribution in [0.2, 0.25) is 0 Å². The molecule has 4 heteroatoms. The molecule has 0 bridgehead atoms. The molecule has 1 atom stereocenters. The van der Waals surface area contributed by atoms with E-state index in [4.69, 9.17) is 4.74 Å². The summed E-state index contributed by atoms with van der Waals surface area (Å²) < 4.78 is 6.25. The molecule has 0 aromatic heterocycles. The number of carbonyl (C=O) groups is 1. The molecule has 1 amide bonds. The number of nitrogens with zero attached hydrogens (tertiary/aromatic N) is 1. The van der Waals surface area contributed by atoms with Crippen molar-refractivity contribution in [1.82, 2.24) is 4.90 Å². The molecule has 2 aliphatic rings. The van der Waals surface area contributed by atoms with E-state index in [1.54, 1.807) is 6.07 Å². The fraction of sp³-hybridized carbons (Fsp3) is 0.522. The van der Waals surface area contributed by atoms with Crippen molar-refractivity contribution in [2.24, 2.45) is 0 Å². The molecule has 1 N–H and O–H groups in total. The molecule has 0 spiro atoms. The third-order valence-corrected chi connectivity index (χ3v) is 5.38. The van der Waals surface area contributed by atoms with Crippen molar-refractivity contribution in [2.45, 2.75) is 64.9 Å². The summed E-state index contributed by atoms with van der Waals surface area (Å²) in [6.45, 7) is 7.94. The van der Waals surface area contributed by atoms with Gasteiger partial charge in [-0.3, -0.25) is 4.79 Å². The third kappa shape index (κ3) is 4.94. The molecular formula is C23H31NO3. The monoisotopic (exact) mass is 369 g/mol. The maximum absolute atomic E-state index is 12.6. The number of carbonyl (C=O) groups excluding carboxylic acids is 1. The number of piperidine rings is 1. The molecule has 2 aliphatic heterocycles. The molecule has 1 saturated heterocycles. The highest BCUT2D eigenvalue weighted by atomic mass is 16.5. The second kappa shape index (κ2) is 8.20. The van der Waals surface area contributed by atoms with E-state index in [1.165, 1.54) is 12.0 Å². The molecule has 146 valence electrons. The second-order valence-corrected chi connectivity index (χ2v) is 8.21. The zero-order valence-electron chi connectivity index (χ0n) is 16.8. The normalized spacial score (nSPS) is 21.4. The number of aromatic hydroxyl groups is 1. The molecule has 0 aliphatic carbocycles. The Kier molecular flexibility index (Phi) is 5.93. The highest BCUT2D eigenvalue weighted by Gasteiger charge is 2.28. The van der Waals surface area contributed by atoms with Crippen molar-refractivity contribution in [3.05, 3.63) is 41.0 Å². The SMILES string of the molecule is CC(C)=CCCC1(C)C=Cc2c(O)cc(CC(=O)N3CCCCC3)cc2O1. The summed E-state index contributed by atoms with van der Waals surface area (Å²) in [6, 6.07) is 3.61. The maximum Gasteiger partial charge on any atom is 0.226 e. The minimum Gasteiger partial charge on any atom is -0.507 e. The van der Waals surface area contributed by atoms with Gasteiger partial charge in [0.05, 0.1) is 12.0 Å². The smallest absolute Gasteiger partial charge is 0.226 e. The molecule has 1 aromatic carbocycles. The van der Waals surface area contributed by atoms with Gasteiger partial charge in [-0.25, -0.2) is 0 Å². The van der Waals surface area contributed by atoms with E-state index in [0.717, 1.165) is 44.3 Å². The number of likely N-dealkylation sites (tertiary alicyclic amines) is 1. The highest BCUT2D eigenvalue weighted by molar-refractivity contribution is 5.80. The lowest BCUT2D eigenvalue weighted by molar-refractivity contribution is -0.131. The number of ether oxygens (including phenoxy) is 1. The van der Waals surface area contributed by atoms with Crippen molar-refractivity contribution in [3.8, 4) is 11.5 Å². The van der Waals surface area contributed by atoms with Crippen LogP contribution in [0.15, 0.2) is 29.9 Å². The number of allylic oxidation sites excluding steroid dienone is 2. The maximum atomic E-state index is 12.6. The third-order valence-electron chi connectivity index (χ3n) is 5.38. The summed E-state index contributed by atoms with van der Waals surface area (Å²) in [7, 11) is 0. The lowest BCUT2D eigenvalue weighted by atomic mass is 9.93. The van der Waals surface area contributed by atoms with E-state index in [1.807, 2.05) is 23.1 Å². The van der Waals surface area contributed by atoms with E-state index < -0.39 is 5.60 Å². The number of hydrogen-bond acceptors (Lipinski definition) is 3. The Hall–Kier alpha value is -2.23. The summed E-state index contributed by atoms with van der Waals surface area (Å²) in [5, 5.41) is 10.4. The number of hydrogen-bond donors (Lipinski definition) is 1. The Morgan fingerprint density at radius 2 is 2.00 bits per heavy atom. The van der Waals surface area contributed by atoms with Crippen molar-refractivity contribution >= 4 is 12.0 Å². The Bertz CT molecular complexity index is 755. The van der Waals surface area contributed by atoms with Crippen LogP contribution in [0.5, 0.6) is 11.5 Å². The van der Waals surface area contributed by atoms with E-state index in [2.05, 4.69) is 26.8 Å². The van der Waals surface area contributed by atoms with Crippen LogP contribution in [0, 0.1) is 0 Å². The van der Waals surface area contributed by atoms with Crippen molar-refractivity contribution in [3.63, 3.8) is 0 Å².